The van der Waals surface area contributed by atoms with Crippen molar-refractivity contribution < 1.29 is 13.2 Å². The zero-order chi connectivity index (χ0) is 11.1. The van der Waals surface area contributed by atoms with Gasteiger partial charge >= 0.3 is 6.18 Å². The monoisotopic (exact) mass is 232 g/mol. The number of nitrogens with zero attached hydrogens (tertiary/aromatic N) is 1. The predicted octanol–water partition coefficient (Wildman–Crippen LogP) is 3.47. The van der Waals surface area contributed by atoms with Gasteiger partial charge in [-0.2, -0.15) is 13.2 Å². The molecule has 0 aromatic carbocycles. The molecule has 0 aliphatic rings. The van der Waals surface area contributed by atoms with Crippen LogP contribution in [0, 0.1) is 6.92 Å². The van der Waals surface area contributed by atoms with Gasteiger partial charge in [0.05, 0.1) is 5.69 Å². The number of aryl methyl sites for hydroxylation is 1. The molecule has 0 atom stereocenters. The second-order valence-electron chi connectivity index (χ2n) is 3.03. The Bertz CT molecular complexity index is 456. The molecule has 0 fully saturated rings. The molecule has 80 valence electrons. The molecule has 2 rings (SSSR count). The maximum Gasteiger partial charge on any atom is 0.427 e. The molecule has 2 heterocycles. The minimum atomic E-state index is -4.31. The maximum absolute atomic E-state index is 12.5. The fourth-order valence-corrected chi connectivity index (χ4v) is 2.17. The second-order valence-corrected chi connectivity index (χ2v) is 4.03. The molecule has 0 aliphatic heterocycles. The van der Waals surface area contributed by atoms with Gasteiger partial charge < -0.3 is 4.98 Å². The van der Waals surface area contributed by atoms with Crippen LogP contribution in [0.1, 0.15) is 10.6 Å². The lowest BCUT2D eigenvalue weighted by atomic mass is 10.3. The van der Waals surface area contributed by atoms with Crippen LogP contribution in [0.25, 0.3) is 10.6 Å². The minimum Gasteiger partial charge on any atom is -0.367 e. The summed E-state index contributed by atoms with van der Waals surface area (Å²) in [6.45, 7) is 1.37. The van der Waals surface area contributed by atoms with Crippen molar-refractivity contribution in [3.63, 3.8) is 0 Å². The van der Waals surface area contributed by atoms with Crippen LogP contribution in [-0.2, 0) is 6.18 Å². The van der Waals surface area contributed by atoms with Crippen molar-refractivity contribution in [1.29, 1.82) is 0 Å². The van der Waals surface area contributed by atoms with Crippen LogP contribution in [0.15, 0.2) is 18.5 Å². The first kappa shape index (κ1) is 10.2. The third kappa shape index (κ3) is 1.90. The number of halogens is 3. The highest BCUT2D eigenvalue weighted by molar-refractivity contribution is 7.15. The Morgan fingerprint density at radius 1 is 1.40 bits per heavy atom. The molecule has 2 aromatic heterocycles. The molecular weight excluding hydrogens is 225 g/mol. The average Bonchev–Trinajstić information content (AvgIpc) is 2.68. The Morgan fingerprint density at radius 3 is 2.60 bits per heavy atom. The number of aromatic nitrogens is 2. The number of thiazole rings is 1. The highest BCUT2D eigenvalue weighted by Crippen LogP contribution is 2.38. The van der Waals surface area contributed by atoms with Crippen molar-refractivity contribution in [2.75, 3.05) is 0 Å². The fourth-order valence-electron chi connectivity index (χ4n) is 1.24. The van der Waals surface area contributed by atoms with Gasteiger partial charge in [0, 0.05) is 18.0 Å². The normalized spacial score (nSPS) is 12.0. The summed E-state index contributed by atoms with van der Waals surface area (Å²) in [7, 11) is 0. The highest BCUT2D eigenvalue weighted by atomic mass is 32.1. The number of alkyl halides is 3. The number of hydrogen-bond acceptors (Lipinski definition) is 2. The number of H-pyrrole nitrogens is 1. The number of nitrogens with one attached hydrogen (secondary N) is 1. The molecule has 0 spiro atoms. The van der Waals surface area contributed by atoms with Crippen LogP contribution in [0.5, 0.6) is 0 Å². The molecule has 0 amide bonds. The van der Waals surface area contributed by atoms with E-state index in [2.05, 4.69) is 9.97 Å². The van der Waals surface area contributed by atoms with Gasteiger partial charge in [0.2, 0.25) is 0 Å². The number of rotatable bonds is 1. The van der Waals surface area contributed by atoms with Crippen molar-refractivity contribution in [1.82, 2.24) is 9.97 Å². The average molecular weight is 232 g/mol. The minimum absolute atomic E-state index is 0.0312. The van der Waals surface area contributed by atoms with Crippen molar-refractivity contribution >= 4 is 11.3 Å². The molecule has 2 aromatic rings. The summed E-state index contributed by atoms with van der Waals surface area (Å²) in [5.41, 5.74) is 0.710. The van der Waals surface area contributed by atoms with Gasteiger partial charge in [0.25, 0.3) is 0 Å². The van der Waals surface area contributed by atoms with Crippen LogP contribution < -0.4 is 0 Å². The maximum atomic E-state index is 12.5. The summed E-state index contributed by atoms with van der Waals surface area (Å²) in [4.78, 5) is 6.05. The predicted molar refractivity (Wildman–Crippen MR) is 51.6 cm³/mol. The third-order valence-corrected chi connectivity index (χ3v) is 3.15. The van der Waals surface area contributed by atoms with Crippen molar-refractivity contribution in [2.45, 2.75) is 13.1 Å². The van der Waals surface area contributed by atoms with E-state index in [4.69, 9.17) is 0 Å². The Balaban J connectivity index is 2.47. The van der Waals surface area contributed by atoms with Crippen LogP contribution in [0.2, 0.25) is 0 Å². The van der Waals surface area contributed by atoms with Crippen molar-refractivity contribution in [2.24, 2.45) is 0 Å². The Morgan fingerprint density at radius 2 is 2.13 bits per heavy atom. The van der Waals surface area contributed by atoms with Crippen molar-refractivity contribution in [3.8, 4) is 10.6 Å². The summed E-state index contributed by atoms with van der Waals surface area (Å²) >= 11 is 0.668. The third-order valence-electron chi connectivity index (χ3n) is 1.90. The van der Waals surface area contributed by atoms with Gasteiger partial charge in [-0.05, 0) is 13.0 Å². The van der Waals surface area contributed by atoms with E-state index in [9.17, 15) is 13.2 Å². The molecule has 0 aliphatic carbocycles. The summed E-state index contributed by atoms with van der Waals surface area (Å²) in [6, 6.07) is 1.69. The van der Waals surface area contributed by atoms with Gasteiger partial charge in [0.1, 0.15) is 9.88 Å². The van der Waals surface area contributed by atoms with E-state index in [0.717, 1.165) is 0 Å². The van der Waals surface area contributed by atoms with Crippen LogP contribution in [0.3, 0.4) is 0 Å². The van der Waals surface area contributed by atoms with Crippen molar-refractivity contribution in [3.05, 3.63) is 29.0 Å². The number of hydrogen-bond donors (Lipinski definition) is 1. The van der Waals surface area contributed by atoms with Crippen LogP contribution in [0.4, 0.5) is 13.2 Å². The SMILES string of the molecule is Cc1nc(-c2cc[nH]c2)sc1C(F)(F)F. The quantitative estimate of drug-likeness (QED) is 0.801. The molecule has 15 heavy (non-hydrogen) atoms. The van der Waals surface area contributed by atoms with Gasteiger partial charge in [0.15, 0.2) is 0 Å². The largest absolute Gasteiger partial charge is 0.427 e. The van der Waals surface area contributed by atoms with E-state index in [1.54, 1.807) is 18.5 Å². The molecule has 0 unspecified atom stereocenters. The molecule has 1 N–H and O–H groups in total. The van der Waals surface area contributed by atoms with Gasteiger partial charge in [-0.25, -0.2) is 4.98 Å². The first-order valence-electron chi connectivity index (χ1n) is 4.16. The molecule has 0 radical (unpaired) electrons. The topological polar surface area (TPSA) is 28.7 Å². The summed E-state index contributed by atoms with van der Waals surface area (Å²) < 4.78 is 37.4. The van der Waals surface area contributed by atoms with Crippen LogP contribution in [-0.4, -0.2) is 9.97 Å². The molecular formula is C9H7F3N2S. The summed E-state index contributed by atoms with van der Waals surface area (Å²) in [6.07, 6.45) is -1.03. The van der Waals surface area contributed by atoms with E-state index < -0.39 is 11.1 Å². The Kier molecular flexibility index (Phi) is 2.30. The molecule has 0 bridgehead atoms. The highest BCUT2D eigenvalue weighted by Gasteiger charge is 2.35. The standard InChI is InChI=1S/C9H7F3N2S/c1-5-7(9(10,11)12)15-8(14-5)6-2-3-13-4-6/h2-4,13H,1H3. The Labute approximate surface area is 87.8 Å². The van der Waals surface area contributed by atoms with Crippen LogP contribution >= 0.6 is 11.3 Å². The number of aromatic amines is 1. The first-order valence-corrected chi connectivity index (χ1v) is 4.98. The molecule has 2 nitrogen and oxygen atoms in total. The lowest BCUT2D eigenvalue weighted by Gasteiger charge is -2.01. The summed E-state index contributed by atoms with van der Waals surface area (Å²) in [5.74, 6) is 0. The van der Waals surface area contributed by atoms with E-state index in [-0.39, 0.29) is 5.69 Å². The lowest BCUT2D eigenvalue weighted by Crippen LogP contribution is -2.03. The van der Waals surface area contributed by atoms with Gasteiger partial charge in [-0.15, -0.1) is 11.3 Å². The fraction of sp³-hybridized carbons (Fsp3) is 0.222. The van der Waals surface area contributed by atoms with E-state index in [1.807, 2.05) is 0 Å². The van der Waals surface area contributed by atoms with E-state index >= 15 is 0 Å². The second kappa shape index (κ2) is 3.37. The van der Waals surface area contributed by atoms with Gasteiger partial charge in [-0.1, -0.05) is 0 Å². The van der Waals surface area contributed by atoms with E-state index in [0.29, 0.717) is 21.9 Å². The molecule has 0 saturated heterocycles. The smallest absolute Gasteiger partial charge is 0.367 e. The van der Waals surface area contributed by atoms with E-state index in [1.165, 1.54) is 6.92 Å². The zero-order valence-electron chi connectivity index (χ0n) is 7.72. The zero-order valence-corrected chi connectivity index (χ0v) is 8.54. The Hall–Kier alpha value is -1.30. The first-order chi connectivity index (χ1) is 6.98. The molecule has 6 heteroatoms. The van der Waals surface area contributed by atoms with Gasteiger partial charge in [-0.3, -0.25) is 0 Å². The molecule has 0 saturated carbocycles. The summed E-state index contributed by atoms with van der Waals surface area (Å²) in [5, 5.41) is 0.390. The lowest BCUT2D eigenvalue weighted by molar-refractivity contribution is -0.134.